The molecular formula is C25H26ClN3O7S2. The Hall–Kier alpha value is -3.22. The average molecular weight is 580 g/mol. The molecule has 0 saturated heterocycles. The van der Waals surface area contributed by atoms with Gasteiger partial charge in [-0.1, -0.05) is 22.9 Å². The highest BCUT2D eigenvalue weighted by atomic mass is 35.5. The van der Waals surface area contributed by atoms with Crippen LogP contribution in [0.1, 0.15) is 56.6 Å². The number of carboxylic acids is 1. The van der Waals surface area contributed by atoms with E-state index in [0.29, 0.717) is 18.6 Å². The first-order valence-corrected chi connectivity index (χ1v) is 14.4. The number of carbonyl (C=O) groups excluding carboxylic acids is 1. The summed E-state index contributed by atoms with van der Waals surface area (Å²) in [7, 11) is -3.43. The number of benzene rings is 1. The number of hydrogen-bond donors (Lipinski definition) is 2. The number of rotatable bonds is 10. The van der Waals surface area contributed by atoms with Crippen molar-refractivity contribution in [1.29, 1.82) is 0 Å². The quantitative estimate of drug-likeness (QED) is 0.326. The molecule has 1 fully saturated rings. The number of nitrogens with one attached hydrogen (secondary N) is 1. The van der Waals surface area contributed by atoms with Crippen LogP contribution in [0.3, 0.4) is 0 Å². The summed E-state index contributed by atoms with van der Waals surface area (Å²) in [6, 6.07) is 7.51. The highest BCUT2D eigenvalue weighted by Gasteiger charge is 2.38. The monoisotopic (exact) mass is 579 g/mol. The number of aromatic nitrogens is 2. The highest BCUT2D eigenvalue weighted by molar-refractivity contribution is 7.92. The second-order valence-corrected chi connectivity index (χ2v) is 13.3. The minimum absolute atomic E-state index is 0.00291. The number of sulfone groups is 1. The van der Waals surface area contributed by atoms with E-state index in [1.807, 2.05) is 13.8 Å². The average Bonchev–Trinajstić information content (AvgIpc) is 3.62. The van der Waals surface area contributed by atoms with Gasteiger partial charge in [0.2, 0.25) is 0 Å². The fraction of sp³-hybridized carbons (Fsp3) is 0.360. The first kappa shape index (κ1) is 27.8. The first-order valence-electron chi connectivity index (χ1n) is 11.7. The van der Waals surface area contributed by atoms with Crippen molar-refractivity contribution >= 4 is 49.8 Å². The Bertz CT molecular complexity index is 1480. The zero-order valence-corrected chi connectivity index (χ0v) is 23.4. The van der Waals surface area contributed by atoms with E-state index in [2.05, 4.69) is 15.3 Å². The van der Waals surface area contributed by atoms with E-state index in [-0.39, 0.29) is 48.6 Å². The number of thiazole rings is 1. The molecule has 2 heterocycles. The lowest BCUT2D eigenvalue weighted by molar-refractivity contribution is -0.142. The van der Waals surface area contributed by atoms with Gasteiger partial charge in [-0.05, 0) is 64.8 Å². The summed E-state index contributed by atoms with van der Waals surface area (Å²) in [4.78, 5) is 33.0. The lowest BCUT2D eigenvalue weighted by Crippen LogP contribution is -2.29. The number of halogens is 1. The summed E-state index contributed by atoms with van der Waals surface area (Å²) in [6.45, 7) is 6.61. The fourth-order valence-corrected chi connectivity index (χ4v) is 6.29. The van der Waals surface area contributed by atoms with E-state index in [4.69, 9.17) is 21.1 Å². The molecule has 1 aliphatic rings. The van der Waals surface area contributed by atoms with Gasteiger partial charge in [-0.3, -0.25) is 14.9 Å². The minimum atomic E-state index is -3.43. The third-order valence-electron chi connectivity index (χ3n) is 5.65. The lowest BCUT2D eigenvalue weighted by Gasteiger charge is -2.16. The summed E-state index contributed by atoms with van der Waals surface area (Å²) in [6.07, 6.45) is 2.41. The van der Waals surface area contributed by atoms with Crippen molar-refractivity contribution in [2.24, 2.45) is 0 Å². The summed E-state index contributed by atoms with van der Waals surface area (Å²) in [5.41, 5.74) is -1.01. The van der Waals surface area contributed by atoms with Crippen LogP contribution < -0.4 is 14.8 Å². The zero-order chi connectivity index (χ0) is 27.8. The molecule has 0 spiro atoms. The number of carbonyl (C=O) groups is 2. The van der Waals surface area contributed by atoms with Crippen LogP contribution in [0.25, 0.3) is 0 Å². The van der Waals surface area contributed by atoms with Gasteiger partial charge < -0.3 is 14.6 Å². The SMILES string of the molecule is CC(C)Oc1cc(Oc2ccc(S(=O)(=O)C3CC3)nc2)cc(C(=O)Nc2nc(C(C)(C)C(=O)O)c(Cl)s2)c1. The van der Waals surface area contributed by atoms with Crippen molar-refractivity contribution in [3.8, 4) is 17.2 Å². The number of pyridine rings is 1. The number of aliphatic carboxylic acids is 1. The van der Waals surface area contributed by atoms with Gasteiger partial charge in [0, 0.05) is 11.6 Å². The molecule has 1 aromatic carbocycles. The molecule has 4 rings (SSSR count). The smallest absolute Gasteiger partial charge is 0.315 e. The molecule has 1 saturated carbocycles. The van der Waals surface area contributed by atoms with Crippen LogP contribution in [0.2, 0.25) is 4.34 Å². The molecule has 202 valence electrons. The van der Waals surface area contributed by atoms with Gasteiger partial charge >= 0.3 is 5.97 Å². The van der Waals surface area contributed by atoms with Gasteiger partial charge in [0.15, 0.2) is 20.0 Å². The Kier molecular flexibility index (Phi) is 7.69. The Balaban J connectivity index is 1.57. The van der Waals surface area contributed by atoms with E-state index in [0.717, 1.165) is 11.3 Å². The van der Waals surface area contributed by atoms with Gasteiger partial charge in [-0.15, -0.1) is 0 Å². The Morgan fingerprint density at radius 1 is 1.16 bits per heavy atom. The fourth-order valence-electron chi connectivity index (χ4n) is 3.39. The number of nitrogens with zero attached hydrogens (tertiary/aromatic N) is 2. The van der Waals surface area contributed by atoms with E-state index in [1.165, 1.54) is 44.3 Å². The van der Waals surface area contributed by atoms with E-state index >= 15 is 0 Å². The molecule has 10 nitrogen and oxygen atoms in total. The van der Waals surface area contributed by atoms with Crippen molar-refractivity contribution in [2.45, 2.75) is 62.3 Å². The Labute approximate surface area is 228 Å². The molecule has 3 aromatic rings. The van der Waals surface area contributed by atoms with Crippen molar-refractivity contribution in [3.05, 3.63) is 52.1 Å². The van der Waals surface area contributed by atoms with E-state index < -0.39 is 27.1 Å². The van der Waals surface area contributed by atoms with Crippen LogP contribution in [0.4, 0.5) is 5.13 Å². The van der Waals surface area contributed by atoms with Gasteiger partial charge in [-0.2, -0.15) is 0 Å². The minimum Gasteiger partial charge on any atom is -0.491 e. The van der Waals surface area contributed by atoms with Crippen molar-refractivity contribution in [1.82, 2.24) is 9.97 Å². The highest BCUT2D eigenvalue weighted by Crippen LogP contribution is 2.37. The van der Waals surface area contributed by atoms with Crippen LogP contribution in [0.5, 0.6) is 17.2 Å². The maximum Gasteiger partial charge on any atom is 0.315 e. The molecule has 0 bridgehead atoms. The van der Waals surface area contributed by atoms with E-state index in [9.17, 15) is 23.1 Å². The normalized spacial score (nSPS) is 13.8. The van der Waals surface area contributed by atoms with Crippen LogP contribution in [-0.2, 0) is 20.0 Å². The summed E-state index contributed by atoms with van der Waals surface area (Å²) < 4.78 is 36.6. The maximum absolute atomic E-state index is 13.1. The van der Waals surface area contributed by atoms with Crippen molar-refractivity contribution in [3.63, 3.8) is 0 Å². The molecular weight excluding hydrogens is 554 g/mol. The summed E-state index contributed by atoms with van der Waals surface area (Å²) in [5, 5.41) is 11.9. The lowest BCUT2D eigenvalue weighted by atomic mass is 9.90. The molecule has 0 unspecified atom stereocenters. The molecule has 38 heavy (non-hydrogen) atoms. The van der Waals surface area contributed by atoms with Gasteiger partial charge in [-0.25, -0.2) is 18.4 Å². The van der Waals surface area contributed by atoms with Crippen molar-refractivity contribution < 1.29 is 32.6 Å². The van der Waals surface area contributed by atoms with Gasteiger partial charge in [0.25, 0.3) is 5.91 Å². The van der Waals surface area contributed by atoms with Gasteiger partial charge in [0.05, 0.1) is 23.2 Å². The standard InChI is InChI=1S/C25H26ClN3O7S2/c1-13(2)35-16-9-14(22(30)29-24-28-20(21(26)37-24)25(3,4)23(31)32)10-17(11-16)36-15-5-8-19(27-12-15)38(33,34)18-6-7-18/h5,8-13,18H,6-7H2,1-4H3,(H,31,32)(H,28,29,30). The molecule has 0 atom stereocenters. The molecule has 13 heteroatoms. The number of amides is 1. The molecule has 1 amide bonds. The predicted octanol–water partition coefficient (Wildman–Crippen LogP) is 5.32. The summed E-state index contributed by atoms with van der Waals surface area (Å²) in [5.74, 6) is -0.736. The molecule has 0 aliphatic heterocycles. The van der Waals surface area contributed by atoms with Crippen molar-refractivity contribution in [2.75, 3.05) is 5.32 Å². The zero-order valence-electron chi connectivity index (χ0n) is 21.0. The molecule has 0 radical (unpaired) electrons. The Morgan fingerprint density at radius 2 is 1.84 bits per heavy atom. The third-order valence-corrected chi connectivity index (χ3v) is 8.99. The topological polar surface area (TPSA) is 145 Å². The van der Waals surface area contributed by atoms with Gasteiger partial charge in [0.1, 0.15) is 27.0 Å². The molecule has 2 N–H and O–H groups in total. The summed E-state index contributed by atoms with van der Waals surface area (Å²) >= 11 is 7.17. The second kappa shape index (κ2) is 10.5. The first-order chi connectivity index (χ1) is 17.8. The third kappa shape index (κ3) is 6.08. The van der Waals surface area contributed by atoms with Crippen LogP contribution in [0, 0.1) is 0 Å². The maximum atomic E-state index is 13.1. The number of carboxylic acid groups (broad SMARTS) is 1. The predicted molar refractivity (Wildman–Crippen MR) is 142 cm³/mol. The van der Waals surface area contributed by atoms with Crippen LogP contribution in [0.15, 0.2) is 41.6 Å². The number of anilines is 1. The van der Waals surface area contributed by atoms with E-state index in [1.54, 1.807) is 6.07 Å². The largest absolute Gasteiger partial charge is 0.491 e. The second-order valence-electron chi connectivity index (χ2n) is 9.56. The number of ether oxygens (including phenoxy) is 2. The molecule has 2 aromatic heterocycles. The van der Waals surface area contributed by atoms with Crippen LogP contribution in [-0.4, -0.2) is 46.7 Å². The number of hydrogen-bond acceptors (Lipinski definition) is 9. The Morgan fingerprint density at radius 3 is 2.42 bits per heavy atom. The molecule has 1 aliphatic carbocycles. The van der Waals surface area contributed by atoms with Crippen LogP contribution >= 0.6 is 22.9 Å².